The van der Waals surface area contributed by atoms with Crippen molar-refractivity contribution in [3.8, 4) is 11.8 Å². The summed E-state index contributed by atoms with van der Waals surface area (Å²) in [7, 11) is 0. The highest BCUT2D eigenvalue weighted by Gasteiger charge is 2.50. The third-order valence-electron chi connectivity index (χ3n) is 8.18. The van der Waals surface area contributed by atoms with Crippen LogP contribution in [0.15, 0.2) is 35.5 Å². The van der Waals surface area contributed by atoms with Crippen molar-refractivity contribution < 1.29 is 15.3 Å². The maximum Gasteiger partial charge on any atom is 0.119 e. The molecule has 3 aliphatic rings. The number of hydrogen-bond donors (Lipinski definition) is 3. The minimum absolute atomic E-state index is 0.0215. The molecule has 0 aromatic rings. The van der Waals surface area contributed by atoms with E-state index in [0.717, 1.165) is 24.0 Å². The van der Waals surface area contributed by atoms with Gasteiger partial charge in [0, 0.05) is 12.3 Å². The van der Waals surface area contributed by atoms with Crippen LogP contribution in [0.4, 0.5) is 0 Å². The second kappa shape index (κ2) is 9.65. The molecule has 0 radical (unpaired) electrons. The van der Waals surface area contributed by atoms with Crippen molar-refractivity contribution >= 4 is 0 Å². The Balaban J connectivity index is 1.76. The molecule has 6 atom stereocenters. The van der Waals surface area contributed by atoms with Crippen molar-refractivity contribution in [2.45, 2.75) is 90.8 Å². The molecular weight excluding hydrogens is 384 g/mol. The third kappa shape index (κ3) is 5.54. The van der Waals surface area contributed by atoms with E-state index in [1.807, 2.05) is 0 Å². The van der Waals surface area contributed by atoms with Crippen molar-refractivity contribution in [3.05, 3.63) is 35.5 Å². The number of hydrogen-bond acceptors (Lipinski definition) is 3. The van der Waals surface area contributed by atoms with Crippen LogP contribution in [0.5, 0.6) is 0 Å². The highest BCUT2D eigenvalue weighted by atomic mass is 16.3. The zero-order valence-corrected chi connectivity index (χ0v) is 20.0. The molecule has 172 valence electrons. The summed E-state index contributed by atoms with van der Waals surface area (Å²) in [5.74, 6) is 8.00. The molecule has 3 rings (SSSR count). The van der Waals surface area contributed by atoms with Crippen LogP contribution in [0.1, 0.15) is 79.1 Å². The summed E-state index contributed by atoms with van der Waals surface area (Å²) in [6.07, 6.45) is 12.4. The molecule has 3 aliphatic carbocycles. The molecule has 31 heavy (non-hydrogen) atoms. The fraction of sp³-hybridized carbons (Fsp3) is 0.714. The Kier molecular flexibility index (Phi) is 7.57. The van der Waals surface area contributed by atoms with Crippen LogP contribution in [-0.4, -0.2) is 33.6 Å². The van der Waals surface area contributed by atoms with Gasteiger partial charge in [-0.1, -0.05) is 44.1 Å². The zero-order chi connectivity index (χ0) is 22.8. The molecule has 3 N–H and O–H groups in total. The number of allylic oxidation sites excluding steroid dienone is 3. The van der Waals surface area contributed by atoms with Crippen molar-refractivity contribution in [2.24, 2.45) is 29.1 Å². The highest BCUT2D eigenvalue weighted by Crippen LogP contribution is 2.59. The molecule has 0 spiro atoms. The standard InChI is InChI=1S/C28H42O3/c1-19(8-6-14-27(3,4)31)25-12-13-26-21(9-7-15-28(25,26)5)10-11-22-16-24(30)17-23(18-29)20(22)2/h10-11,19,23-26,29-31H,2,7-9,12-13,15-18H2,1,3-5H3/b21-10+,22-11-/t19-,23-,24-,25-,26+,28-/m1/s1. The predicted octanol–water partition coefficient (Wildman–Crippen LogP) is 5.18. The van der Waals surface area contributed by atoms with Gasteiger partial charge in [-0.05, 0) is 93.1 Å². The first-order valence-electron chi connectivity index (χ1n) is 12.1. The van der Waals surface area contributed by atoms with Crippen LogP contribution >= 0.6 is 0 Å². The monoisotopic (exact) mass is 426 g/mol. The molecule has 0 heterocycles. The van der Waals surface area contributed by atoms with Gasteiger partial charge in [0.2, 0.25) is 0 Å². The van der Waals surface area contributed by atoms with Crippen molar-refractivity contribution in [3.63, 3.8) is 0 Å². The lowest BCUT2D eigenvalue weighted by Gasteiger charge is -2.44. The van der Waals surface area contributed by atoms with Crippen molar-refractivity contribution in [1.29, 1.82) is 0 Å². The molecule has 3 nitrogen and oxygen atoms in total. The first kappa shape index (κ1) is 24.3. The summed E-state index contributed by atoms with van der Waals surface area (Å²) < 4.78 is 0. The zero-order valence-electron chi connectivity index (χ0n) is 20.0. The summed E-state index contributed by atoms with van der Waals surface area (Å²) >= 11 is 0. The lowest BCUT2D eigenvalue weighted by molar-refractivity contribution is 0.0990. The lowest BCUT2D eigenvalue weighted by atomic mass is 9.61. The van der Waals surface area contributed by atoms with Crippen molar-refractivity contribution in [1.82, 2.24) is 0 Å². The van der Waals surface area contributed by atoms with Gasteiger partial charge in [0.15, 0.2) is 0 Å². The summed E-state index contributed by atoms with van der Waals surface area (Å²) in [5.41, 5.74) is 3.04. The predicted molar refractivity (Wildman–Crippen MR) is 127 cm³/mol. The summed E-state index contributed by atoms with van der Waals surface area (Å²) in [6.45, 7) is 12.6. The maximum atomic E-state index is 10.2. The highest BCUT2D eigenvalue weighted by molar-refractivity contribution is 5.38. The van der Waals surface area contributed by atoms with Crippen molar-refractivity contribution in [2.75, 3.05) is 6.61 Å². The van der Waals surface area contributed by atoms with Crippen LogP contribution in [0, 0.1) is 40.9 Å². The molecule has 3 heteroatoms. The molecule has 0 saturated heterocycles. The van der Waals surface area contributed by atoms with E-state index in [0.29, 0.717) is 36.0 Å². The SMILES string of the molecule is C=C1/C(=C\C=C2/CCC[C@]3(C)[C@@H]([C@H](C)CC#CC(C)(C)O)CC[C@@H]23)C[C@@H](O)C[C@@H]1CO. The Bertz CT molecular complexity index is 787. The van der Waals surface area contributed by atoms with Gasteiger partial charge >= 0.3 is 0 Å². The van der Waals surface area contributed by atoms with Gasteiger partial charge in [-0.3, -0.25) is 0 Å². The topological polar surface area (TPSA) is 60.7 Å². The molecule has 0 amide bonds. The summed E-state index contributed by atoms with van der Waals surface area (Å²) in [6, 6.07) is 0. The Morgan fingerprint density at radius 1 is 1.29 bits per heavy atom. The summed E-state index contributed by atoms with van der Waals surface area (Å²) in [5, 5.41) is 29.7. The normalized spacial score (nSPS) is 37.5. The second-order valence-electron chi connectivity index (χ2n) is 11.1. The average Bonchev–Trinajstić information content (AvgIpc) is 3.04. The number of aliphatic hydroxyl groups is 3. The first-order chi connectivity index (χ1) is 14.5. The molecule has 0 aromatic heterocycles. The van der Waals surface area contributed by atoms with E-state index in [4.69, 9.17) is 0 Å². The molecule has 0 aromatic carbocycles. The Morgan fingerprint density at radius 2 is 2.03 bits per heavy atom. The van der Waals surface area contributed by atoms with E-state index in [-0.39, 0.29) is 18.6 Å². The Morgan fingerprint density at radius 3 is 2.71 bits per heavy atom. The average molecular weight is 427 g/mol. The van der Waals surface area contributed by atoms with E-state index in [2.05, 4.69) is 44.4 Å². The van der Waals surface area contributed by atoms with Gasteiger partial charge in [-0.2, -0.15) is 0 Å². The molecule has 0 aliphatic heterocycles. The smallest absolute Gasteiger partial charge is 0.119 e. The van der Waals surface area contributed by atoms with E-state index < -0.39 is 5.60 Å². The van der Waals surface area contributed by atoms with Crippen LogP contribution in [0.2, 0.25) is 0 Å². The molecule has 3 saturated carbocycles. The van der Waals surface area contributed by atoms with Gasteiger partial charge < -0.3 is 15.3 Å². The Hall–Kier alpha value is -1.34. The summed E-state index contributed by atoms with van der Waals surface area (Å²) in [4.78, 5) is 0. The van der Waals surface area contributed by atoms with E-state index >= 15 is 0 Å². The largest absolute Gasteiger partial charge is 0.396 e. The lowest BCUT2D eigenvalue weighted by Crippen LogP contribution is -2.36. The van der Waals surface area contributed by atoms with Crippen LogP contribution in [0.3, 0.4) is 0 Å². The van der Waals surface area contributed by atoms with Gasteiger partial charge in [0.1, 0.15) is 5.60 Å². The first-order valence-corrected chi connectivity index (χ1v) is 12.1. The third-order valence-corrected chi connectivity index (χ3v) is 8.18. The molecule has 0 bridgehead atoms. The number of rotatable bonds is 4. The van der Waals surface area contributed by atoms with Gasteiger partial charge in [0.05, 0.1) is 12.7 Å². The van der Waals surface area contributed by atoms with Gasteiger partial charge in [-0.25, -0.2) is 0 Å². The van der Waals surface area contributed by atoms with Crippen LogP contribution < -0.4 is 0 Å². The fourth-order valence-corrected chi connectivity index (χ4v) is 6.55. The van der Waals surface area contributed by atoms with E-state index in [1.165, 1.54) is 25.7 Å². The fourth-order valence-electron chi connectivity index (χ4n) is 6.55. The second-order valence-corrected chi connectivity index (χ2v) is 11.1. The van der Waals surface area contributed by atoms with Crippen LogP contribution in [-0.2, 0) is 0 Å². The van der Waals surface area contributed by atoms with Crippen LogP contribution in [0.25, 0.3) is 0 Å². The minimum Gasteiger partial charge on any atom is -0.396 e. The number of aliphatic hydroxyl groups excluding tert-OH is 2. The van der Waals surface area contributed by atoms with E-state index in [9.17, 15) is 15.3 Å². The maximum absolute atomic E-state index is 10.2. The van der Waals surface area contributed by atoms with E-state index in [1.54, 1.807) is 19.4 Å². The quantitative estimate of drug-likeness (QED) is 0.543. The van der Waals surface area contributed by atoms with Gasteiger partial charge in [0.25, 0.3) is 0 Å². The molecule has 3 fully saturated rings. The Labute approximate surface area is 189 Å². The molecule has 0 unspecified atom stereocenters. The number of fused-ring (bicyclic) bond motifs is 1. The minimum atomic E-state index is -0.915. The molecular formula is C28H42O3. The van der Waals surface area contributed by atoms with Gasteiger partial charge in [-0.15, -0.1) is 5.92 Å².